The molecule has 0 atom stereocenters. The predicted molar refractivity (Wildman–Crippen MR) is 56.9 cm³/mol. The van der Waals surface area contributed by atoms with Crippen LogP contribution in [0.25, 0.3) is 11.3 Å². The summed E-state index contributed by atoms with van der Waals surface area (Å²) in [4.78, 5) is 7.55. The molecule has 0 radical (unpaired) electrons. The Bertz CT molecular complexity index is 537. The average molecular weight is 239 g/mol. The lowest BCUT2D eigenvalue weighted by Gasteiger charge is -2.08. The minimum absolute atomic E-state index is 0.0277. The van der Waals surface area contributed by atoms with E-state index in [0.29, 0.717) is 11.3 Å². The van der Waals surface area contributed by atoms with E-state index in [1.807, 2.05) is 0 Å². The Hall–Kier alpha value is -2.11. The van der Waals surface area contributed by atoms with Crippen LogP contribution in [0.3, 0.4) is 0 Å². The van der Waals surface area contributed by atoms with Crippen LogP contribution in [0.5, 0.6) is 0 Å². The van der Waals surface area contributed by atoms with Crippen molar-refractivity contribution in [1.82, 2.24) is 9.97 Å². The summed E-state index contributed by atoms with van der Waals surface area (Å²) in [6, 6.07) is 6.41. The number of hydrogen-bond acceptors (Lipinski definition) is 3. The van der Waals surface area contributed by atoms with E-state index in [-0.39, 0.29) is 5.95 Å². The molecule has 1 heterocycles. The molecule has 0 fully saturated rings. The van der Waals surface area contributed by atoms with Crippen molar-refractivity contribution < 1.29 is 13.2 Å². The molecule has 2 N–H and O–H groups in total. The van der Waals surface area contributed by atoms with Gasteiger partial charge in [-0.15, -0.1) is 0 Å². The third kappa shape index (κ3) is 2.52. The predicted octanol–water partition coefficient (Wildman–Crippen LogP) is 2.74. The van der Waals surface area contributed by atoms with Crippen LogP contribution < -0.4 is 5.73 Å². The van der Waals surface area contributed by atoms with E-state index in [0.717, 1.165) is 12.1 Å². The van der Waals surface area contributed by atoms with Crippen LogP contribution >= 0.6 is 0 Å². The summed E-state index contributed by atoms with van der Waals surface area (Å²) in [5, 5.41) is 0. The highest BCUT2D eigenvalue weighted by Crippen LogP contribution is 2.31. The van der Waals surface area contributed by atoms with E-state index >= 15 is 0 Å². The number of alkyl halides is 3. The third-order valence-electron chi connectivity index (χ3n) is 2.16. The summed E-state index contributed by atoms with van der Waals surface area (Å²) in [6.07, 6.45) is -2.97. The molecule has 0 saturated carbocycles. The summed E-state index contributed by atoms with van der Waals surface area (Å²) in [6.45, 7) is 0. The zero-order valence-corrected chi connectivity index (χ0v) is 8.57. The normalized spacial score (nSPS) is 11.5. The number of rotatable bonds is 1. The zero-order chi connectivity index (χ0) is 12.5. The molecule has 0 unspecified atom stereocenters. The van der Waals surface area contributed by atoms with Crippen LogP contribution in [-0.2, 0) is 6.18 Å². The largest absolute Gasteiger partial charge is 0.416 e. The minimum Gasteiger partial charge on any atom is -0.368 e. The van der Waals surface area contributed by atoms with Gasteiger partial charge in [0.25, 0.3) is 0 Å². The Labute approximate surface area is 95.1 Å². The molecule has 2 rings (SSSR count). The van der Waals surface area contributed by atoms with Crippen molar-refractivity contribution in [3.63, 3.8) is 0 Å². The second-order valence-corrected chi connectivity index (χ2v) is 3.38. The van der Waals surface area contributed by atoms with Crippen molar-refractivity contribution >= 4 is 5.95 Å². The van der Waals surface area contributed by atoms with E-state index in [2.05, 4.69) is 9.97 Å². The quantitative estimate of drug-likeness (QED) is 0.832. The van der Waals surface area contributed by atoms with Gasteiger partial charge in [0.15, 0.2) is 0 Å². The van der Waals surface area contributed by atoms with Crippen molar-refractivity contribution in [3.05, 3.63) is 42.1 Å². The Balaban J connectivity index is 2.47. The molecular formula is C11H8F3N3. The molecule has 88 valence electrons. The van der Waals surface area contributed by atoms with Gasteiger partial charge in [0.1, 0.15) is 0 Å². The monoisotopic (exact) mass is 239 g/mol. The van der Waals surface area contributed by atoms with E-state index in [1.165, 1.54) is 24.4 Å². The first-order valence-electron chi connectivity index (χ1n) is 4.73. The van der Waals surface area contributed by atoms with Gasteiger partial charge in [0.2, 0.25) is 5.95 Å². The number of anilines is 1. The van der Waals surface area contributed by atoms with Gasteiger partial charge in [0.05, 0.1) is 11.3 Å². The maximum absolute atomic E-state index is 12.5. The van der Waals surface area contributed by atoms with Crippen LogP contribution in [-0.4, -0.2) is 9.97 Å². The average Bonchev–Trinajstić information content (AvgIpc) is 2.28. The highest BCUT2D eigenvalue weighted by molar-refractivity contribution is 5.60. The van der Waals surface area contributed by atoms with Gasteiger partial charge >= 0.3 is 6.18 Å². The molecule has 3 nitrogen and oxygen atoms in total. The molecule has 1 aromatic heterocycles. The van der Waals surface area contributed by atoms with Gasteiger partial charge < -0.3 is 5.73 Å². The van der Waals surface area contributed by atoms with Gasteiger partial charge in [-0.1, -0.05) is 12.1 Å². The molecule has 0 spiro atoms. The molecule has 1 aromatic carbocycles. The zero-order valence-electron chi connectivity index (χ0n) is 8.57. The molecule has 6 heteroatoms. The van der Waals surface area contributed by atoms with Crippen molar-refractivity contribution in [2.24, 2.45) is 0 Å². The molecule has 0 amide bonds. The maximum atomic E-state index is 12.5. The number of benzene rings is 1. The third-order valence-corrected chi connectivity index (χ3v) is 2.16. The molecule has 0 aliphatic rings. The number of hydrogen-bond donors (Lipinski definition) is 1. The van der Waals surface area contributed by atoms with Crippen LogP contribution in [0.4, 0.5) is 19.1 Å². The Morgan fingerprint density at radius 2 is 1.88 bits per heavy atom. The number of nitrogens with two attached hydrogens (primary N) is 1. The lowest BCUT2D eigenvalue weighted by Crippen LogP contribution is -2.04. The topological polar surface area (TPSA) is 51.8 Å². The summed E-state index contributed by atoms with van der Waals surface area (Å²) in [7, 11) is 0. The van der Waals surface area contributed by atoms with Crippen molar-refractivity contribution in [3.8, 4) is 11.3 Å². The van der Waals surface area contributed by atoms with Gasteiger partial charge in [-0.2, -0.15) is 13.2 Å². The summed E-state index contributed by atoms with van der Waals surface area (Å²) >= 11 is 0. The number of halogens is 3. The van der Waals surface area contributed by atoms with E-state index in [4.69, 9.17) is 5.73 Å². The van der Waals surface area contributed by atoms with Crippen LogP contribution in [0.2, 0.25) is 0 Å². The molecule has 0 aliphatic heterocycles. The molecule has 0 saturated heterocycles. The fourth-order valence-corrected chi connectivity index (χ4v) is 1.39. The molecule has 2 aromatic rings. The maximum Gasteiger partial charge on any atom is 0.416 e. The van der Waals surface area contributed by atoms with Crippen molar-refractivity contribution in [2.75, 3.05) is 5.73 Å². The van der Waals surface area contributed by atoms with E-state index < -0.39 is 11.7 Å². The number of nitrogens with zero attached hydrogens (tertiary/aromatic N) is 2. The van der Waals surface area contributed by atoms with Crippen LogP contribution in [0, 0.1) is 0 Å². The van der Waals surface area contributed by atoms with E-state index in [9.17, 15) is 13.2 Å². The smallest absolute Gasteiger partial charge is 0.368 e. The summed E-state index contributed by atoms with van der Waals surface area (Å²) in [5.74, 6) is 0.0277. The Kier molecular flexibility index (Phi) is 2.71. The molecule has 0 aliphatic carbocycles. The highest BCUT2D eigenvalue weighted by Gasteiger charge is 2.30. The van der Waals surface area contributed by atoms with Crippen LogP contribution in [0.15, 0.2) is 36.5 Å². The first kappa shape index (κ1) is 11.4. The SMILES string of the molecule is Nc1nccc(-c2cccc(C(F)(F)F)c2)n1. The fraction of sp³-hybridized carbons (Fsp3) is 0.0909. The van der Waals surface area contributed by atoms with Gasteiger partial charge in [-0.25, -0.2) is 9.97 Å². The first-order chi connectivity index (χ1) is 7.97. The van der Waals surface area contributed by atoms with E-state index in [1.54, 1.807) is 0 Å². The lowest BCUT2D eigenvalue weighted by molar-refractivity contribution is -0.137. The molecule has 17 heavy (non-hydrogen) atoms. The van der Waals surface area contributed by atoms with Crippen LogP contribution in [0.1, 0.15) is 5.56 Å². The standard InChI is InChI=1S/C11H8F3N3/c12-11(13,14)8-3-1-2-7(6-8)9-4-5-16-10(15)17-9/h1-6H,(H2,15,16,17). The summed E-state index contributed by atoms with van der Waals surface area (Å²) in [5.41, 5.74) is 5.38. The summed E-state index contributed by atoms with van der Waals surface area (Å²) < 4.78 is 37.5. The van der Waals surface area contributed by atoms with Gasteiger partial charge in [-0.3, -0.25) is 0 Å². The fourth-order valence-electron chi connectivity index (χ4n) is 1.39. The number of nitrogen functional groups attached to an aromatic ring is 1. The highest BCUT2D eigenvalue weighted by atomic mass is 19.4. The van der Waals surface area contributed by atoms with Gasteiger partial charge in [-0.05, 0) is 18.2 Å². The minimum atomic E-state index is -4.37. The first-order valence-corrected chi connectivity index (χ1v) is 4.73. The van der Waals surface area contributed by atoms with Crippen molar-refractivity contribution in [1.29, 1.82) is 0 Å². The lowest BCUT2D eigenvalue weighted by atomic mass is 10.1. The Morgan fingerprint density at radius 1 is 1.12 bits per heavy atom. The Morgan fingerprint density at radius 3 is 2.53 bits per heavy atom. The molecular weight excluding hydrogens is 231 g/mol. The number of aromatic nitrogens is 2. The molecule has 0 bridgehead atoms. The van der Waals surface area contributed by atoms with Crippen molar-refractivity contribution in [2.45, 2.75) is 6.18 Å². The second-order valence-electron chi connectivity index (χ2n) is 3.38. The second kappa shape index (κ2) is 4.04. The van der Waals surface area contributed by atoms with Gasteiger partial charge in [0, 0.05) is 11.8 Å².